The molecule has 12 heteroatoms. The predicted octanol–water partition coefficient (Wildman–Crippen LogP) is 4.85. The van der Waals surface area contributed by atoms with Crippen LogP contribution in [-0.4, -0.2) is 67.6 Å². The highest BCUT2D eigenvalue weighted by molar-refractivity contribution is 7.89. The van der Waals surface area contributed by atoms with Crippen LogP contribution >= 0.6 is 0 Å². The summed E-state index contributed by atoms with van der Waals surface area (Å²) in [5, 5.41) is 18.5. The second-order valence-electron chi connectivity index (χ2n) is 12.0. The maximum atomic E-state index is 14.0. The summed E-state index contributed by atoms with van der Waals surface area (Å²) in [5.74, 6) is -2.30. The molecule has 3 aromatic rings. The third-order valence-electron chi connectivity index (χ3n) is 9.11. The van der Waals surface area contributed by atoms with Gasteiger partial charge in [0.05, 0.1) is 4.90 Å². The van der Waals surface area contributed by atoms with Crippen molar-refractivity contribution in [1.29, 1.82) is 0 Å². The number of carbonyl (C=O) groups excluding carboxylic acids is 1. The van der Waals surface area contributed by atoms with Gasteiger partial charge in [0, 0.05) is 37.6 Å². The summed E-state index contributed by atoms with van der Waals surface area (Å²) >= 11 is 0. The Morgan fingerprint density at radius 2 is 1.50 bits per heavy atom. The first kappa shape index (κ1) is 33.5. The van der Waals surface area contributed by atoms with Crippen LogP contribution < -0.4 is 16.0 Å². The smallest absolute Gasteiger partial charge is 0.405 e. The molecule has 46 heavy (non-hydrogen) atoms. The average molecular weight is 655 g/mol. The topological polar surface area (TPSA) is 128 Å². The summed E-state index contributed by atoms with van der Waals surface area (Å²) in [6.45, 7) is 1.45. The molecule has 1 saturated heterocycles. The lowest BCUT2D eigenvalue weighted by Gasteiger charge is -2.38. The molecule has 2 aliphatic rings. The fourth-order valence-electron chi connectivity index (χ4n) is 6.81. The number of piperazine rings is 1. The molecule has 0 unspecified atom stereocenters. The highest BCUT2D eigenvalue weighted by atomic mass is 32.2. The van der Waals surface area contributed by atoms with Crippen molar-refractivity contribution in [3.05, 3.63) is 102 Å². The fourth-order valence-corrected chi connectivity index (χ4v) is 8.48. The summed E-state index contributed by atoms with van der Waals surface area (Å²) < 4.78 is 56.2. The molecule has 246 valence electrons. The Hall–Kier alpha value is -3.87. The Bertz CT molecular complexity index is 1530. The minimum atomic E-state index is -3.67. The van der Waals surface area contributed by atoms with Crippen LogP contribution in [0.25, 0.3) is 0 Å². The van der Waals surface area contributed by atoms with Gasteiger partial charge in [-0.1, -0.05) is 55.3 Å². The number of hydrogen-bond acceptors (Lipinski definition) is 5. The van der Waals surface area contributed by atoms with Crippen LogP contribution in [0.3, 0.4) is 0 Å². The zero-order chi connectivity index (χ0) is 32.7. The molecule has 1 aliphatic carbocycles. The second kappa shape index (κ2) is 15.1. The molecule has 9 nitrogen and oxygen atoms in total. The second-order valence-corrected chi connectivity index (χ2v) is 13.9. The van der Waals surface area contributed by atoms with Crippen LogP contribution in [-0.2, 0) is 14.8 Å². The van der Waals surface area contributed by atoms with Crippen LogP contribution in [0.2, 0.25) is 0 Å². The predicted molar refractivity (Wildman–Crippen MR) is 170 cm³/mol. The minimum absolute atomic E-state index is 0.0569. The van der Waals surface area contributed by atoms with E-state index in [1.54, 1.807) is 34.6 Å². The van der Waals surface area contributed by atoms with E-state index in [9.17, 15) is 31.9 Å². The van der Waals surface area contributed by atoms with Crippen LogP contribution in [0.5, 0.6) is 0 Å². The minimum Gasteiger partial charge on any atom is -0.465 e. The van der Waals surface area contributed by atoms with E-state index in [0.717, 1.165) is 19.3 Å². The number of rotatable bonds is 11. The van der Waals surface area contributed by atoms with Gasteiger partial charge >= 0.3 is 6.09 Å². The Labute approximate surface area is 268 Å². The van der Waals surface area contributed by atoms with Crippen molar-refractivity contribution in [3.8, 4) is 0 Å². The summed E-state index contributed by atoms with van der Waals surface area (Å²) in [6, 6.07) is 17.5. The first-order chi connectivity index (χ1) is 22.1. The number of carbonyl (C=O) groups is 2. The lowest BCUT2D eigenvalue weighted by molar-refractivity contribution is -0.124. The van der Waals surface area contributed by atoms with Gasteiger partial charge in [0.1, 0.15) is 17.7 Å². The quantitative estimate of drug-likeness (QED) is 0.234. The average Bonchev–Trinajstić information content (AvgIpc) is 3.06. The van der Waals surface area contributed by atoms with E-state index >= 15 is 0 Å². The number of carboxylic acid groups (broad SMARTS) is 1. The molecule has 1 aliphatic heterocycles. The van der Waals surface area contributed by atoms with Gasteiger partial charge in [-0.15, -0.1) is 0 Å². The van der Waals surface area contributed by atoms with Gasteiger partial charge in [-0.05, 0) is 79.1 Å². The molecule has 4 N–H and O–H groups in total. The normalized spacial score (nSPS) is 21.4. The molecular weight excluding hydrogens is 614 g/mol. The van der Waals surface area contributed by atoms with Gasteiger partial charge in [0.15, 0.2) is 0 Å². The number of hydrogen-bond donors (Lipinski definition) is 4. The third kappa shape index (κ3) is 8.09. The monoisotopic (exact) mass is 654 g/mol. The lowest BCUT2D eigenvalue weighted by atomic mass is 9.80. The largest absolute Gasteiger partial charge is 0.465 e. The SMILES string of the molecule is O=C(O)N[C@H](C(=O)N[C@H]1CCCC[C@@H]1CC[C@H]1CNCCN1S(=O)(=O)c1ccccc1)C(c1ccc(F)cc1)c1ccc(F)cc1. The van der Waals surface area contributed by atoms with Crippen molar-refractivity contribution in [2.75, 3.05) is 19.6 Å². The van der Waals surface area contributed by atoms with Gasteiger partial charge < -0.3 is 21.1 Å². The van der Waals surface area contributed by atoms with Crippen LogP contribution in [0.4, 0.5) is 13.6 Å². The van der Waals surface area contributed by atoms with Crippen molar-refractivity contribution in [1.82, 2.24) is 20.3 Å². The zero-order valence-electron chi connectivity index (χ0n) is 25.4. The van der Waals surface area contributed by atoms with E-state index in [1.807, 2.05) is 0 Å². The van der Waals surface area contributed by atoms with Gasteiger partial charge in [0.25, 0.3) is 0 Å². The lowest BCUT2D eigenvalue weighted by Crippen LogP contribution is -2.55. The first-order valence-electron chi connectivity index (χ1n) is 15.7. The highest BCUT2D eigenvalue weighted by Gasteiger charge is 2.37. The van der Waals surface area contributed by atoms with Gasteiger partial charge in [-0.2, -0.15) is 4.31 Å². The van der Waals surface area contributed by atoms with E-state index in [-0.39, 0.29) is 22.9 Å². The Morgan fingerprint density at radius 1 is 0.891 bits per heavy atom. The fraction of sp³-hybridized carbons (Fsp3) is 0.412. The molecule has 5 rings (SSSR count). The number of nitrogens with zero attached hydrogens (tertiary/aromatic N) is 1. The van der Waals surface area contributed by atoms with Crippen molar-refractivity contribution in [2.45, 2.75) is 67.5 Å². The maximum Gasteiger partial charge on any atom is 0.405 e. The summed E-state index contributed by atoms with van der Waals surface area (Å²) in [6.07, 6.45) is 3.26. The standard InChI is InChI=1S/C34H40F2N4O5S/c35-26-15-10-24(11-16-26)31(25-12-17-27(36)18-13-25)32(39-34(42)43)33(41)38-30-9-5-4-6-23(30)14-19-28-22-37-20-21-40(28)46(44,45)29-7-2-1-3-8-29/h1-3,7-8,10-13,15-18,23,28,30-32,37,39H,4-6,9,14,19-22H2,(H,38,41)(H,42,43)/t23-,28+,30+,32+/m1/s1. The molecule has 1 heterocycles. The van der Waals surface area contributed by atoms with E-state index in [0.29, 0.717) is 50.0 Å². The van der Waals surface area contributed by atoms with Crippen molar-refractivity contribution >= 4 is 22.0 Å². The number of sulfonamides is 1. The Balaban J connectivity index is 1.34. The van der Waals surface area contributed by atoms with Crippen LogP contribution in [0, 0.1) is 17.6 Å². The molecule has 1 saturated carbocycles. The zero-order valence-corrected chi connectivity index (χ0v) is 26.3. The molecule has 0 bridgehead atoms. The van der Waals surface area contributed by atoms with Crippen LogP contribution in [0.1, 0.15) is 55.6 Å². The summed E-state index contributed by atoms with van der Waals surface area (Å²) in [5.41, 5.74) is 0.984. The third-order valence-corrected chi connectivity index (χ3v) is 11.1. The maximum absolute atomic E-state index is 14.0. The van der Waals surface area contributed by atoms with E-state index in [1.165, 1.54) is 48.5 Å². The van der Waals surface area contributed by atoms with Gasteiger partial charge in [-0.3, -0.25) is 4.79 Å². The van der Waals surface area contributed by atoms with Gasteiger partial charge in [-0.25, -0.2) is 22.0 Å². The van der Waals surface area contributed by atoms with Crippen LogP contribution in [0.15, 0.2) is 83.8 Å². The molecule has 0 spiro atoms. The Morgan fingerprint density at radius 3 is 2.11 bits per heavy atom. The van der Waals surface area contributed by atoms with Crippen molar-refractivity contribution < 1.29 is 31.9 Å². The summed E-state index contributed by atoms with van der Waals surface area (Å²) in [7, 11) is -3.67. The molecule has 2 amide bonds. The molecule has 3 aromatic carbocycles. The van der Waals surface area contributed by atoms with E-state index < -0.39 is 45.6 Å². The molecule has 2 fully saturated rings. The van der Waals surface area contributed by atoms with Crippen molar-refractivity contribution in [2.24, 2.45) is 5.92 Å². The molecule has 4 atom stereocenters. The van der Waals surface area contributed by atoms with Crippen molar-refractivity contribution in [3.63, 3.8) is 0 Å². The number of nitrogens with one attached hydrogen (secondary N) is 3. The van der Waals surface area contributed by atoms with Gasteiger partial charge in [0.2, 0.25) is 15.9 Å². The number of benzene rings is 3. The van der Waals surface area contributed by atoms with E-state index in [2.05, 4.69) is 16.0 Å². The number of amides is 2. The molecule has 0 radical (unpaired) electrons. The first-order valence-corrected chi connectivity index (χ1v) is 17.2. The highest BCUT2D eigenvalue weighted by Crippen LogP contribution is 2.33. The Kier molecular flexibility index (Phi) is 11.0. The summed E-state index contributed by atoms with van der Waals surface area (Å²) in [4.78, 5) is 26.2. The molecule has 0 aromatic heterocycles. The number of halogens is 2. The molecular formula is C34H40F2N4O5S. The van der Waals surface area contributed by atoms with E-state index in [4.69, 9.17) is 0 Å².